The van der Waals surface area contributed by atoms with E-state index in [0.717, 1.165) is 5.56 Å². The van der Waals surface area contributed by atoms with Crippen molar-refractivity contribution in [2.75, 3.05) is 20.2 Å². The van der Waals surface area contributed by atoms with Gasteiger partial charge in [-0.25, -0.2) is 0 Å². The maximum Gasteiger partial charge on any atom is 0.239 e. The summed E-state index contributed by atoms with van der Waals surface area (Å²) in [7, 11) is 1.73. The molecule has 0 spiro atoms. The van der Waals surface area contributed by atoms with Gasteiger partial charge in [0.15, 0.2) is 0 Å². The highest BCUT2D eigenvalue weighted by Crippen LogP contribution is 2.16. The largest absolute Gasteiger partial charge is 0.492 e. The van der Waals surface area contributed by atoms with Gasteiger partial charge in [0.05, 0.1) is 12.6 Å². The minimum absolute atomic E-state index is 0. The van der Waals surface area contributed by atoms with Crippen molar-refractivity contribution in [3.8, 4) is 5.75 Å². The number of halogens is 2. The van der Waals surface area contributed by atoms with Crippen LogP contribution in [-0.2, 0) is 11.2 Å². The molecule has 0 aliphatic heterocycles. The molecule has 2 N–H and O–H groups in total. The molecule has 0 aliphatic rings. The van der Waals surface area contributed by atoms with Crippen molar-refractivity contribution in [3.05, 3.63) is 65.2 Å². The molecule has 0 saturated heterocycles. The monoisotopic (exact) mass is 368 g/mol. The van der Waals surface area contributed by atoms with Gasteiger partial charge in [0.2, 0.25) is 5.91 Å². The number of likely N-dealkylation sites (N-methyl/N-ethyl adjacent to an activating group) is 1. The molecule has 24 heavy (non-hydrogen) atoms. The van der Waals surface area contributed by atoms with Crippen molar-refractivity contribution in [2.45, 2.75) is 12.5 Å². The Morgan fingerprint density at radius 2 is 1.92 bits per heavy atom. The zero-order chi connectivity index (χ0) is 16.7. The smallest absolute Gasteiger partial charge is 0.239 e. The highest BCUT2D eigenvalue weighted by Gasteiger charge is 2.18. The Morgan fingerprint density at radius 1 is 1.21 bits per heavy atom. The van der Waals surface area contributed by atoms with Crippen LogP contribution in [-0.4, -0.2) is 37.0 Å². The van der Waals surface area contributed by atoms with Crippen molar-refractivity contribution in [3.63, 3.8) is 0 Å². The third kappa shape index (κ3) is 6.40. The van der Waals surface area contributed by atoms with E-state index in [1.54, 1.807) is 24.1 Å². The standard InChI is InChI=1S/C18H21ClN2O2.ClH/c1-21(10-11-23-16-9-5-8-15(19)13-16)18(22)17(20)12-14-6-3-2-4-7-14;/h2-9,13,17H,10-12,20H2,1H3;1H/t17-;/m0./s1. The van der Waals surface area contributed by atoms with E-state index in [2.05, 4.69) is 0 Å². The molecule has 4 nitrogen and oxygen atoms in total. The summed E-state index contributed by atoms with van der Waals surface area (Å²) in [5, 5.41) is 0.622. The van der Waals surface area contributed by atoms with Gasteiger partial charge in [0.25, 0.3) is 0 Å². The summed E-state index contributed by atoms with van der Waals surface area (Å²) in [6.45, 7) is 0.856. The van der Waals surface area contributed by atoms with Gasteiger partial charge in [0, 0.05) is 12.1 Å². The lowest BCUT2D eigenvalue weighted by atomic mass is 10.1. The second kappa shape index (κ2) is 10.2. The topological polar surface area (TPSA) is 55.6 Å². The molecule has 0 bridgehead atoms. The van der Waals surface area contributed by atoms with Crippen LogP contribution in [0.25, 0.3) is 0 Å². The first kappa shape index (κ1) is 20.3. The SMILES string of the molecule is CN(CCOc1cccc(Cl)c1)C(=O)[C@@H](N)Cc1ccccc1.Cl. The first-order valence-electron chi connectivity index (χ1n) is 7.49. The van der Waals surface area contributed by atoms with Crippen molar-refractivity contribution in [2.24, 2.45) is 5.73 Å². The summed E-state index contributed by atoms with van der Waals surface area (Å²) in [4.78, 5) is 13.9. The molecule has 0 saturated carbocycles. The van der Waals surface area contributed by atoms with Gasteiger partial charge in [-0.1, -0.05) is 48.0 Å². The van der Waals surface area contributed by atoms with Gasteiger partial charge < -0.3 is 15.4 Å². The normalized spacial score (nSPS) is 11.3. The van der Waals surface area contributed by atoms with Crippen LogP contribution >= 0.6 is 24.0 Å². The average Bonchev–Trinajstić information content (AvgIpc) is 2.55. The number of nitrogens with two attached hydrogens (primary N) is 1. The molecule has 2 aromatic rings. The van der Waals surface area contributed by atoms with Gasteiger partial charge in [-0.15, -0.1) is 12.4 Å². The number of hydrogen-bond acceptors (Lipinski definition) is 3. The summed E-state index contributed by atoms with van der Waals surface area (Å²) >= 11 is 5.89. The first-order valence-corrected chi connectivity index (χ1v) is 7.87. The number of nitrogens with zero attached hydrogens (tertiary/aromatic N) is 1. The lowest BCUT2D eigenvalue weighted by Gasteiger charge is -2.21. The van der Waals surface area contributed by atoms with Crippen LogP contribution in [0.5, 0.6) is 5.75 Å². The van der Waals surface area contributed by atoms with Gasteiger partial charge >= 0.3 is 0 Å². The number of carbonyl (C=O) groups is 1. The van der Waals surface area contributed by atoms with E-state index >= 15 is 0 Å². The zero-order valence-electron chi connectivity index (χ0n) is 13.5. The van der Waals surface area contributed by atoms with E-state index in [-0.39, 0.29) is 18.3 Å². The Morgan fingerprint density at radius 3 is 2.58 bits per heavy atom. The summed E-state index contributed by atoms with van der Waals surface area (Å²) in [5.41, 5.74) is 7.06. The molecule has 1 atom stereocenters. The fourth-order valence-corrected chi connectivity index (χ4v) is 2.39. The molecular weight excluding hydrogens is 347 g/mol. The Labute approximate surface area is 154 Å². The number of rotatable bonds is 7. The fraction of sp³-hybridized carbons (Fsp3) is 0.278. The maximum atomic E-state index is 12.3. The van der Waals surface area contributed by atoms with Crippen molar-refractivity contribution < 1.29 is 9.53 Å². The Balaban J connectivity index is 0.00000288. The second-order valence-electron chi connectivity index (χ2n) is 5.36. The Kier molecular flexibility index (Phi) is 8.61. The van der Waals surface area contributed by atoms with Crippen LogP contribution in [0, 0.1) is 0 Å². The van der Waals surface area contributed by atoms with Gasteiger partial charge in [-0.05, 0) is 30.2 Å². The lowest BCUT2D eigenvalue weighted by molar-refractivity contribution is -0.131. The molecule has 2 rings (SSSR count). The molecule has 2 aromatic carbocycles. The summed E-state index contributed by atoms with van der Waals surface area (Å²) in [6.07, 6.45) is 0.527. The summed E-state index contributed by atoms with van der Waals surface area (Å²) < 4.78 is 5.59. The number of amides is 1. The fourth-order valence-electron chi connectivity index (χ4n) is 2.21. The van der Waals surface area contributed by atoms with E-state index in [0.29, 0.717) is 30.3 Å². The van der Waals surface area contributed by atoms with Crippen molar-refractivity contribution in [1.82, 2.24) is 4.90 Å². The number of ether oxygens (including phenoxy) is 1. The van der Waals surface area contributed by atoms with Gasteiger partial charge in [-0.2, -0.15) is 0 Å². The van der Waals surface area contributed by atoms with Crippen LogP contribution in [0.3, 0.4) is 0 Å². The third-order valence-corrected chi connectivity index (χ3v) is 3.72. The molecule has 0 heterocycles. The predicted molar refractivity (Wildman–Crippen MR) is 100.0 cm³/mol. The minimum atomic E-state index is -0.548. The minimum Gasteiger partial charge on any atom is -0.492 e. The van der Waals surface area contributed by atoms with Gasteiger partial charge in [0.1, 0.15) is 12.4 Å². The predicted octanol–water partition coefficient (Wildman–Crippen LogP) is 3.17. The molecule has 0 fully saturated rings. The Bertz CT molecular complexity index is 638. The molecule has 0 aliphatic carbocycles. The van der Waals surface area contributed by atoms with Crippen LogP contribution < -0.4 is 10.5 Å². The highest BCUT2D eigenvalue weighted by molar-refractivity contribution is 6.30. The van der Waals surface area contributed by atoms with Crippen LogP contribution in [0.2, 0.25) is 5.02 Å². The van der Waals surface area contributed by atoms with E-state index in [1.165, 1.54) is 0 Å². The van der Waals surface area contributed by atoms with Crippen LogP contribution in [0.15, 0.2) is 54.6 Å². The summed E-state index contributed by atoms with van der Waals surface area (Å²) in [5.74, 6) is 0.593. The van der Waals surface area contributed by atoms with E-state index in [1.807, 2.05) is 42.5 Å². The zero-order valence-corrected chi connectivity index (χ0v) is 15.1. The molecule has 0 aromatic heterocycles. The van der Waals surface area contributed by atoms with E-state index in [9.17, 15) is 4.79 Å². The highest BCUT2D eigenvalue weighted by atomic mass is 35.5. The number of benzene rings is 2. The van der Waals surface area contributed by atoms with Crippen molar-refractivity contribution >= 4 is 29.9 Å². The first-order chi connectivity index (χ1) is 11.1. The van der Waals surface area contributed by atoms with Crippen LogP contribution in [0.1, 0.15) is 5.56 Å². The van der Waals surface area contributed by atoms with Crippen LogP contribution in [0.4, 0.5) is 0 Å². The molecular formula is C18H22Cl2N2O2. The quantitative estimate of drug-likeness (QED) is 0.816. The molecule has 6 heteroatoms. The molecule has 1 amide bonds. The number of hydrogen-bond donors (Lipinski definition) is 1. The van der Waals surface area contributed by atoms with E-state index in [4.69, 9.17) is 22.1 Å². The van der Waals surface area contributed by atoms with Crippen molar-refractivity contribution in [1.29, 1.82) is 0 Å². The second-order valence-corrected chi connectivity index (χ2v) is 5.80. The Hall–Kier alpha value is -1.75. The molecule has 0 unspecified atom stereocenters. The van der Waals surface area contributed by atoms with E-state index < -0.39 is 6.04 Å². The number of carbonyl (C=O) groups excluding carboxylic acids is 1. The molecule has 130 valence electrons. The third-order valence-electron chi connectivity index (χ3n) is 3.48. The summed E-state index contributed by atoms with van der Waals surface area (Å²) in [6, 6.07) is 16.4. The maximum absolute atomic E-state index is 12.3. The van der Waals surface area contributed by atoms with Gasteiger partial charge in [-0.3, -0.25) is 4.79 Å². The molecule has 0 radical (unpaired) electrons. The lowest BCUT2D eigenvalue weighted by Crippen LogP contribution is -2.44. The average molecular weight is 369 g/mol.